The van der Waals surface area contributed by atoms with E-state index in [4.69, 9.17) is 13.8 Å². The highest BCUT2D eigenvalue weighted by atomic mass is 31.2. The zero-order chi connectivity index (χ0) is 59.3. The Bertz CT molecular complexity index is 1620. The lowest BCUT2D eigenvalue weighted by Gasteiger charge is -2.27. The highest BCUT2D eigenvalue weighted by Crippen LogP contribution is 2.43. The van der Waals surface area contributed by atoms with Crippen LogP contribution >= 0.6 is 7.82 Å². The van der Waals surface area contributed by atoms with Crippen LogP contribution in [0.3, 0.4) is 0 Å². The number of quaternary nitrogens is 1. The van der Waals surface area contributed by atoms with Gasteiger partial charge in [-0.25, -0.2) is 4.57 Å². The van der Waals surface area contributed by atoms with Crippen LogP contribution < -0.4 is 5.32 Å². The Kier molecular flexibility index (Phi) is 58.7. The maximum atomic E-state index is 13.6. The van der Waals surface area contributed by atoms with E-state index in [1.165, 1.54) is 205 Å². The number of phosphoric acid groups is 1. The number of esters is 1. The fourth-order valence-corrected chi connectivity index (χ4v) is 10.5. The van der Waals surface area contributed by atoms with Gasteiger partial charge in [-0.05, 0) is 102 Å². The number of nitrogens with zero attached hydrogens (tertiary/aromatic N) is 1. The lowest BCUT2D eigenvalue weighted by atomic mass is 10.0. The normalized spacial score (nSPS) is 14.0. The Morgan fingerprint density at radius 2 is 0.753 bits per heavy atom. The molecule has 0 aliphatic rings. The van der Waals surface area contributed by atoms with E-state index in [1.807, 2.05) is 33.3 Å². The molecule has 0 spiro atoms. The lowest BCUT2D eigenvalue weighted by molar-refractivity contribution is -0.870. The summed E-state index contributed by atoms with van der Waals surface area (Å²) in [5.74, 6) is -0.507. The van der Waals surface area contributed by atoms with Crippen molar-refractivity contribution in [3.8, 4) is 0 Å². The van der Waals surface area contributed by atoms with Crippen LogP contribution in [0.2, 0.25) is 0 Å². The molecule has 0 heterocycles. The lowest BCUT2D eigenvalue weighted by Crippen LogP contribution is -2.47. The molecule has 3 atom stereocenters. The van der Waals surface area contributed by atoms with Gasteiger partial charge in [0.05, 0.1) is 33.8 Å². The fraction of sp³-hybridized carbons (Fsp3) is 0.803. The first-order valence-electron chi connectivity index (χ1n) is 34.3. The van der Waals surface area contributed by atoms with Crippen LogP contribution in [0.25, 0.3) is 0 Å². The molecule has 0 aromatic rings. The predicted octanol–water partition coefficient (Wildman–Crippen LogP) is 21.6. The minimum Gasteiger partial charge on any atom is -0.456 e. The summed E-state index contributed by atoms with van der Waals surface area (Å²) < 4.78 is 30.8. The molecule has 0 radical (unpaired) electrons. The van der Waals surface area contributed by atoms with Gasteiger partial charge in [-0.3, -0.25) is 18.6 Å². The summed E-state index contributed by atoms with van der Waals surface area (Å²) in [5.41, 5.74) is 0. The number of allylic oxidation sites excluding steroid dienone is 11. The van der Waals surface area contributed by atoms with Crippen molar-refractivity contribution in [1.82, 2.24) is 5.32 Å². The monoisotopic (exact) mass is 1160 g/mol. The van der Waals surface area contributed by atoms with E-state index < -0.39 is 20.0 Å². The number of nitrogens with one attached hydrogen (secondary N) is 1. The molecular weight excluding hydrogens is 1020 g/mol. The Morgan fingerprint density at radius 3 is 1.16 bits per heavy atom. The molecule has 81 heavy (non-hydrogen) atoms. The molecule has 9 nitrogen and oxygen atoms in total. The molecule has 10 heteroatoms. The number of amides is 1. The van der Waals surface area contributed by atoms with E-state index in [1.54, 1.807) is 0 Å². The second-order valence-electron chi connectivity index (χ2n) is 24.3. The van der Waals surface area contributed by atoms with Crippen LogP contribution in [0.15, 0.2) is 72.9 Å². The Balaban J connectivity index is 5.04. The van der Waals surface area contributed by atoms with Crippen molar-refractivity contribution in [2.45, 2.75) is 328 Å². The molecule has 0 saturated heterocycles. The number of likely N-dealkylation sites (N-methyl/N-ethyl adjacent to an activating group) is 1. The molecule has 0 bridgehead atoms. The minimum absolute atomic E-state index is 0.0376. The molecule has 0 aliphatic carbocycles. The van der Waals surface area contributed by atoms with Crippen molar-refractivity contribution in [3.05, 3.63) is 72.9 Å². The van der Waals surface area contributed by atoms with Crippen molar-refractivity contribution in [3.63, 3.8) is 0 Å². The maximum absolute atomic E-state index is 13.6. The number of unbranched alkanes of at least 4 members (excludes halogenated alkanes) is 36. The standard InChI is InChI=1S/C71H131N2O7P/c1-7-10-13-16-19-22-25-27-29-31-32-33-34-35-36-37-38-39-40-42-43-45-48-51-54-57-60-63-70(74)72-68(67-79-81(76,77)78-66-65-73(4,5)6)69(62-59-56-53-50-47-24-21-18-15-12-9-3)80-71(75)64-61-58-55-52-49-46-44-41-30-28-26-23-20-17-14-11-8-2/h19,22,27-30,32-33,35-36,59,62,68-69H,7-18,20-21,23-26,31,34,37-58,60-61,63-67H2,1-6H3,(H-,72,74,76,77)/p+1/b22-19-,29-27-,30-28+,33-32-,36-35-,62-59-. The number of rotatable bonds is 62. The van der Waals surface area contributed by atoms with Gasteiger partial charge in [-0.1, -0.05) is 274 Å². The number of ether oxygens (including phenoxy) is 1. The van der Waals surface area contributed by atoms with Crippen molar-refractivity contribution >= 4 is 19.7 Å². The fourth-order valence-electron chi connectivity index (χ4n) is 9.80. The Morgan fingerprint density at radius 1 is 0.432 bits per heavy atom. The number of hydrogen-bond donors (Lipinski definition) is 2. The summed E-state index contributed by atoms with van der Waals surface area (Å²) in [6.45, 7) is 6.99. The van der Waals surface area contributed by atoms with Crippen LogP contribution in [0, 0.1) is 0 Å². The Hall–Kier alpha value is -2.55. The van der Waals surface area contributed by atoms with Gasteiger partial charge in [0, 0.05) is 12.8 Å². The van der Waals surface area contributed by atoms with Gasteiger partial charge in [-0.2, -0.15) is 0 Å². The number of carbonyl (C=O) groups is 2. The predicted molar refractivity (Wildman–Crippen MR) is 351 cm³/mol. The molecule has 0 rings (SSSR count). The van der Waals surface area contributed by atoms with Gasteiger partial charge >= 0.3 is 13.8 Å². The van der Waals surface area contributed by atoms with Gasteiger partial charge < -0.3 is 19.4 Å². The quantitative estimate of drug-likeness (QED) is 0.0205. The first-order valence-corrected chi connectivity index (χ1v) is 35.8. The summed E-state index contributed by atoms with van der Waals surface area (Å²) in [6, 6.07) is -0.854. The molecule has 0 saturated carbocycles. The van der Waals surface area contributed by atoms with Crippen LogP contribution in [-0.2, 0) is 27.9 Å². The molecule has 1 amide bonds. The topological polar surface area (TPSA) is 111 Å². The molecule has 2 N–H and O–H groups in total. The third kappa shape index (κ3) is 61.8. The van der Waals surface area contributed by atoms with E-state index in [0.29, 0.717) is 17.4 Å². The van der Waals surface area contributed by atoms with E-state index in [9.17, 15) is 19.0 Å². The highest BCUT2D eigenvalue weighted by molar-refractivity contribution is 7.47. The average Bonchev–Trinajstić information content (AvgIpc) is 3.43. The third-order valence-electron chi connectivity index (χ3n) is 15.1. The van der Waals surface area contributed by atoms with Crippen LogP contribution in [0.4, 0.5) is 0 Å². The second-order valence-corrected chi connectivity index (χ2v) is 25.8. The van der Waals surface area contributed by atoms with Gasteiger partial charge in [0.25, 0.3) is 0 Å². The molecule has 0 fully saturated rings. The van der Waals surface area contributed by atoms with E-state index in [2.05, 4.69) is 86.8 Å². The smallest absolute Gasteiger partial charge is 0.456 e. The van der Waals surface area contributed by atoms with Crippen molar-refractivity contribution in [1.29, 1.82) is 0 Å². The molecule has 3 unspecified atom stereocenters. The summed E-state index contributed by atoms with van der Waals surface area (Å²) >= 11 is 0. The number of hydrogen-bond acceptors (Lipinski definition) is 6. The van der Waals surface area contributed by atoms with E-state index in [-0.39, 0.29) is 31.5 Å². The Labute approximate surface area is 502 Å². The molecule has 0 aromatic heterocycles. The molecular formula is C71H132N2O7P+. The zero-order valence-corrected chi connectivity index (χ0v) is 54.9. The summed E-state index contributed by atoms with van der Waals surface area (Å²) in [6.07, 6.45) is 79.1. The summed E-state index contributed by atoms with van der Waals surface area (Å²) in [5, 5.41) is 3.06. The first kappa shape index (κ1) is 78.5. The maximum Gasteiger partial charge on any atom is 0.472 e. The largest absolute Gasteiger partial charge is 0.472 e. The second kappa shape index (κ2) is 60.6. The summed E-state index contributed by atoms with van der Waals surface area (Å²) in [4.78, 5) is 37.8. The summed E-state index contributed by atoms with van der Waals surface area (Å²) in [7, 11) is 1.49. The van der Waals surface area contributed by atoms with E-state index >= 15 is 0 Å². The van der Waals surface area contributed by atoms with E-state index in [0.717, 1.165) is 77.0 Å². The number of phosphoric ester groups is 1. The third-order valence-corrected chi connectivity index (χ3v) is 16.1. The highest BCUT2D eigenvalue weighted by Gasteiger charge is 2.30. The molecule has 0 aliphatic heterocycles. The molecule has 0 aromatic carbocycles. The van der Waals surface area contributed by atoms with Crippen molar-refractivity contribution in [2.75, 3.05) is 40.9 Å². The zero-order valence-electron chi connectivity index (χ0n) is 54.0. The van der Waals surface area contributed by atoms with Gasteiger partial charge in [-0.15, -0.1) is 0 Å². The van der Waals surface area contributed by atoms with Crippen LogP contribution in [0.5, 0.6) is 0 Å². The number of carbonyl (C=O) groups excluding carboxylic acids is 2. The minimum atomic E-state index is -4.45. The van der Waals surface area contributed by atoms with Crippen molar-refractivity contribution in [2.24, 2.45) is 0 Å². The molecule has 472 valence electrons. The van der Waals surface area contributed by atoms with Crippen LogP contribution in [0.1, 0.15) is 316 Å². The average molecular weight is 1160 g/mol. The SMILES string of the molecule is CCCCC/C=C\C/C=C\C/C=C\C/C=C\CCCCCCCCCCCCCC(=O)NC(COP(=O)(O)OCC[N+](C)(C)C)C(/C=C\CCCCCCCCCCC)OC(=O)CCCCCCCCC/C=C/CCCCCCCC. The van der Waals surface area contributed by atoms with Gasteiger partial charge in [0.2, 0.25) is 5.91 Å². The van der Waals surface area contributed by atoms with Gasteiger partial charge in [0.15, 0.2) is 0 Å². The first-order chi connectivity index (χ1) is 39.4. The van der Waals surface area contributed by atoms with Crippen LogP contribution in [-0.4, -0.2) is 74.3 Å². The van der Waals surface area contributed by atoms with Gasteiger partial charge in [0.1, 0.15) is 19.3 Å². The van der Waals surface area contributed by atoms with Crippen molar-refractivity contribution < 1.29 is 37.3 Å².